The minimum absolute atomic E-state index is 0.138. The first-order valence-corrected chi connectivity index (χ1v) is 7.53. The highest BCUT2D eigenvalue weighted by atomic mass is 16.5. The molecule has 1 aromatic heterocycles. The molecule has 1 aromatic rings. The van der Waals surface area contributed by atoms with E-state index in [1.807, 2.05) is 6.08 Å². The largest absolute Gasteiger partial charge is 0.339 e. The molecule has 4 heteroatoms. The summed E-state index contributed by atoms with van der Waals surface area (Å²) in [5, 5.41) is 4.22. The van der Waals surface area contributed by atoms with Crippen LogP contribution in [0.15, 0.2) is 16.7 Å². The van der Waals surface area contributed by atoms with Crippen molar-refractivity contribution in [2.45, 2.75) is 63.3 Å². The molecule has 3 rings (SSSR count). The van der Waals surface area contributed by atoms with E-state index in [-0.39, 0.29) is 12.0 Å². The van der Waals surface area contributed by atoms with Crippen molar-refractivity contribution in [2.75, 3.05) is 0 Å². The molecule has 0 aliphatic heterocycles. The van der Waals surface area contributed by atoms with E-state index in [0.717, 1.165) is 24.1 Å². The number of hydrogen-bond acceptors (Lipinski definition) is 4. The van der Waals surface area contributed by atoms with Crippen molar-refractivity contribution in [1.82, 2.24) is 10.1 Å². The fourth-order valence-corrected chi connectivity index (χ4v) is 3.37. The minimum Gasteiger partial charge on any atom is -0.339 e. The van der Waals surface area contributed by atoms with E-state index in [1.165, 1.54) is 32.1 Å². The monoisotopic (exact) mass is 261 g/mol. The summed E-state index contributed by atoms with van der Waals surface area (Å²) in [4.78, 5) is 4.63. The number of rotatable bonds is 3. The third-order valence-electron chi connectivity index (χ3n) is 4.62. The lowest BCUT2D eigenvalue weighted by molar-refractivity contribution is 0.297. The van der Waals surface area contributed by atoms with Crippen LogP contribution < -0.4 is 5.73 Å². The van der Waals surface area contributed by atoms with E-state index in [4.69, 9.17) is 10.3 Å². The molecule has 4 unspecified atom stereocenters. The lowest BCUT2D eigenvalue weighted by Crippen LogP contribution is -2.15. The third-order valence-corrected chi connectivity index (χ3v) is 4.62. The Balaban J connectivity index is 1.69. The topological polar surface area (TPSA) is 64.9 Å². The Hall–Kier alpha value is -1.16. The molecule has 0 saturated heterocycles. The lowest BCUT2D eigenvalue weighted by Gasteiger charge is -2.26. The molecular weight excluding hydrogens is 238 g/mol. The Morgan fingerprint density at radius 3 is 2.95 bits per heavy atom. The maximum absolute atomic E-state index is 5.87. The summed E-state index contributed by atoms with van der Waals surface area (Å²) in [6.45, 7) is 2.28. The van der Waals surface area contributed by atoms with E-state index in [9.17, 15) is 0 Å². The first-order valence-electron chi connectivity index (χ1n) is 7.53. The van der Waals surface area contributed by atoms with E-state index in [0.29, 0.717) is 5.92 Å². The number of nitrogens with two attached hydrogens (primary N) is 1. The average molecular weight is 261 g/mol. The van der Waals surface area contributed by atoms with Gasteiger partial charge >= 0.3 is 0 Å². The highest BCUT2D eigenvalue weighted by Crippen LogP contribution is 2.37. The van der Waals surface area contributed by atoms with Crippen molar-refractivity contribution in [3.05, 3.63) is 23.9 Å². The fraction of sp³-hybridized carbons (Fsp3) is 0.733. The van der Waals surface area contributed by atoms with Crippen molar-refractivity contribution in [3.8, 4) is 0 Å². The molecule has 4 nitrogen and oxygen atoms in total. The van der Waals surface area contributed by atoms with E-state index in [1.54, 1.807) is 0 Å². The van der Waals surface area contributed by atoms with Gasteiger partial charge in [0.1, 0.15) is 0 Å². The maximum Gasteiger partial charge on any atom is 0.233 e. The van der Waals surface area contributed by atoms with Crippen LogP contribution in [0.4, 0.5) is 0 Å². The zero-order valence-corrected chi connectivity index (χ0v) is 11.6. The van der Waals surface area contributed by atoms with E-state index < -0.39 is 0 Å². The van der Waals surface area contributed by atoms with Gasteiger partial charge in [-0.05, 0) is 25.2 Å². The molecule has 0 radical (unpaired) electrons. The summed E-state index contributed by atoms with van der Waals surface area (Å²) in [7, 11) is 0. The molecule has 2 aliphatic rings. The zero-order chi connectivity index (χ0) is 13.2. The molecule has 0 spiro atoms. The Morgan fingerprint density at radius 1 is 1.32 bits per heavy atom. The van der Waals surface area contributed by atoms with E-state index in [2.05, 4.69) is 23.1 Å². The van der Waals surface area contributed by atoms with Crippen LogP contribution in [0.5, 0.6) is 0 Å². The maximum atomic E-state index is 5.87. The second-order valence-electron chi connectivity index (χ2n) is 6.02. The average Bonchev–Trinajstić information content (AvgIpc) is 3.07. The van der Waals surface area contributed by atoms with Gasteiger partial charge in [-0.25, -0.2) is 0 Å². The Labute approximate surface area is 114 Å². The quantitative estimate of drug-likeness (QED) is 0.849. The first-order chi connectivity index (χ1) is 9.26. The normalized spacial score (nSPS) is 34.8. The van der Waals surface area contributed by atoms with Gasteiger partial charge in [0, 0.05) is 12.0 Å². The standard InChI is InChI=1S/C15H23N3O/c1-2-10-4-3-5-11(8-10)14-17-15(19-18-14)12-6-7-13(16)9-12/h6-7,10-13H,2-5,8-9,16H2,1H3. The van der Waals surface area contributed by atoms with Gasteiger partial charge in [0.05, 0.1) is 5.92 Å². The van der Waals surface area contributed by atoms with Crippen molar-refractivity contribution in [1.29, 1.82) is 0 Å². The minimum atomic E-state index is 0.138. The van der Waals surface area contributed by atoms with Gasteiger partial charge in [-0.15, -0.1) is 0 Å². The summed E-state index contributed by atoms with van der Waals surface area (Å²) in [5.74, 6) is 3.22. The summed E-state index contributed by atoms with van der Waals surface area (Å²) in [6.07, 6.45) is 11.4. The molecular formula is C15H23N3O. The fourth-order valence-electron chi connectivity index (χ4n) is 3.37. The molecule has 2 N–H and O–H groups in total. The van der Waals surface area contributed by atoms with Crippen LogP contribution in [-0.4, -0.2) is 16.2 Å². The Bertz CT molecular complexity index is 454. The summed E-state index contributed by atoms with van der Waals surface area (Å²) < 4.78 is 5.45. The predicted molar refractivity (Wildman–Crippen MR) is 73.8 cm³/mol. The molecule has 19 heavy (non-hydrogen) atoms. The zero-order valence-electron chi connectivity index (χ0n) is 11.6. The van der Waals surface area contributed by atoms with Crippen molar-refractivity contribution >= 4 is 0 Å². The molecule has 1 fully saturated rings. The molecule has 0 bridgehead atoms. The lowest BCUT2D eigenvalue weighted by atomic mass is 9.80. The SMILES string of the molecule is CCC1CCCC(c2noc(C3C=CC(N)C3)n2)C1. The summed E-state index contributed by atoms with van der Waals surface area (Å²) in [5.41, 5.74) is 5.87. The van der Waals surface area contributed by atoms with Gasteiger partial charge in [0.25, 0.3) is 0 Å². The van der Waals surface area contributed by atoms with Gasteiger partial charge in [0.2, 0.25) is 5.89 Å². The molecule has 2 aliphatic carbocycles. The summed E-state index contributed by atoms with van der Waals surface area (Å²) >= 11 is 0. The predicted octanol–water partition coefficient (Wildman–Crippen LogP) is 3.12. The third kappa shape index (κ3) is 2.73. The first kappa shape index (κ1) is 12.9. The van der Waals surface area contributed by atoms with Gasteiger partial charge < -0.3 is 10.3 Å². The number of nitrogens with zero attached hydrogens (tertiary/aromatic N) is 2. The number of hydrogen-bond donors (Lipinski definition) is 1. The molecule has 104 valence electrons. The summed E-state index contributed by atoms with van der Waals surface area (Å²) in [6, 6.07) is 0.138. The smallest absolute Gasteiger partial charge is 0.233 e. The number of aromatic nitrogens is 2. The molecule has 1 saturated carbocycles. The van der Waals surface area contributed by atoms with Crippen LogP contribution in [0.25, 0.3) is 0 Å². The van der Waals surface area contributed by atoms with Crippen LogP contribution in [0.2, 0.25) is 0 Å². The van der Waals surface area contributed by atoms with Crippen LogP contribution in [-0.2, 0) is 0 Å². The second kappa shape index (κ2) is 5.45. The van der Waals surface area contributed by atoms with Gasteiger partial charge in [-0.3, -0.25) is 0 Å². The van der Waals surface area contributed by atoms with Gasteiger partial charge in [-0.1, -0.05) is 43.5 Å². The highest BCUT2D eigenvalue weighted by Gasteiger charge is 2.28. The highest BCUT2D eigenvalue weighted by molar-refractivity contribution is 5.16. The Kier molecular flexibility index (Phi) is 3.69. The molecule has 0 amide bonds. The molecule has 0 aromatic carbocycles. The Morgan fingerprint density at radius 2 is 2.21 bits per heavy atom. The number of allylic oxidation sites excluding steroid dienone is 1. The molecule has 1 heterocycles. The van der Waals surface area contributed by atoms with Crippen molar-refractivity contribution < 1.29 is 4.52 Å². The van der Waals surface area contributed by atoms with Crippen LogP contribution in [0.1, 0.15) is 69.0 Å². The van der Waals surface area contributed by atoms with Crippen molar-refractivity contribution in [2.24, 2.45) is 11.7 Å². The van der Waals surface area contributed by atoms with Crippen LogP contribution in [0, 0.1) is 5.92 Å². The van der Waals surface area contributed by atoms with Gasteiger partial charge in [-0.2, -0.15) is 4.98 Å². The van der Waals surface area contributed by atoms with Crippen molar-refractivity contribution in [3.63, 3.8) is 0 Å². The second-order valence-corrected chi connectivity index (χ2v) is 6.02. The van der Waals surface area contributed by atoms with Crippen LogP contribution in [0.3, 0.4) is 0 Å². The molecule has 4 atom stereocenters. The van der Waals surface area contributed by atoms with Crippen LogP contribution >= 0.6 is 0 Å². The van der Waals surface area contributed by atoms with Gasteiger partial charge in [0.15, 0.2) is 5.82 Å². The van der Waals surface area contributed by atoms with E-state index >= 15 is 0 Å².